The molecule has 0 fully saturated rings. The Hall–Kier alpha value is -1.68. The van der Waals surface area contributed by atoms with E-state index in [1.807, 2.05) is 24.3 Å². The lowest BCUT2D eigenvalue weighted by atomic mass is 10.1. The highest BCUT2D eigenvalue weighted by atomic mass is 32.1. The minimum atomic E-state index is 0.815. The van der Waals surface area contributed by atoms with Gasteiger partial charge in [-0.1, -0.05) is 17.3 Å². The van der Waals surface area contributed by atoms with Crippen LogP contribution in [0.3, 0.4) is 0 Å². The van der Waals surface area contributed by atoms with E-state index in [2.05, 4.69) is 15.7 Å². The zero-order valence-electron chi connectivity index (χ0n) is 7.10. The van der Waals surface area contributed by atoms with Crippen LogP contribution in [0.4, 0.5) is 0 Å². The molecule has 1 radical (unpaired) electrons. The van der Waals surface area contributed by atoms with E-state index in [4.69, 9.17) is 4.52 Å². The van der Waals surface area contributed by atoms with E-state index in [0.717, 1.165) is 21.5 Å². The number of thiazole rings is 1. The zero-order valence-corrected chi connectivity index (χ0v) is 7.91. The van der Waals surface area contributed by atoms with Crippen molar-refractivity contribution in [2.24, 2.45) is 0 Å². The summed E-state index contributed by atoms with van der Waals surface area (Å²) in [7, 11) is 0. The molecule has 67 valence electrons. The van der Waals surface area contributed by atoms with Crippen LogP contribution in [0.5, 0.6) is 0 Å². The van der Waals surface area contributed by atoms with E-state index in [1.165, 1.54) is 11.3 Å². The SMILES string of the molecule is [c]1nc2c(-c3ccon3)cccc2s1. The number of hydrogen-bond donors (Lipinski definition) is 0. The maximum Gasteiger partial charge on any atom is 0.153 e. The van der Waals surface area contributed by atoms with Gasteiger partial charge in [0.25, 0.3) is 0 Å². The maximum absolute atomic E-state index is 4.81. The van der Waals surface area contributed by atoms with Crippen LogP contribution in [0, 0.1) is 5.51 Å². The molecule has 0 aliphatic carbocycles. The van der Waals surface area contributed by atoms with Crippen LogP contribution in [-0.2, 0) is 0 Å². The fraction of sp³-hybridized carbons (Fsp3) is 0. The highest BCUT2D eigenvalue weighted by molar-refractivity contribution is 7.16. The fourth-order valence-electron chi connectivity index (χ4n) is 1.40. The van der Waals surface area contributed by atoms with Crippen molar-refractivity contribution < 1.29 is 4.52 Å². The standard InChI is InChI=1S/C10H5N2OS/c1-2-7(8-4-5-13-12-8)10-9(3-1)14-6-11-10/h1-5H. The van der Waals surface area contributed by atoms with E-state index in [1.54, 1.807) is 6.26 Å². The number of fused-ring (bicyclic) bond motifs is 1. The normalized spacial score (nSPS) is 10.9. The van der Waals surface area contributed by atoms with E-state index in [0.29, 0.717) is 0 Å². The summed E-state index contributed by atoms with van der Waals surface area (Å²) in [6.45, 7) is 0. The summed E-state index contributed by atoms with van der Waals surface area (Å²) in [5.41, 5.74) is 5.62. The highest BCUT2D eigenvalue weighted by Crippen LogP contribution is 2.27. The van der Waals surface area contributed by atoms with Gasteiger partial charge in [0.15, 0.2) is 5.51 Å². The Labute approximate surface area is 84.0 Å². The molecule has 0 N–H and O–H groups in total. The fourth-order valence-corrected chi connectivity index (χ4v) is 2.03. The molecular formula is C10H5N2OS. The van der Waals surface area contributed by atoms with Gasteiger partial charge in [-0.3, -0.25) is 0 Å². The molecule has 0 saturated carbocycles. The molecule has 14 heavy (non-hydrogen) atoms. The van der Waals surface area contributed by atoms with Gasteiger partial charge in [-0.25, -0.2) is 4.98 Å². The van der Waals surface area contributed by atoms with Crippen LogP contribution in [-0.4, -0.2) is 10.1 Å². The third-order valence-corrected chi connectivity index (χ3v) is 2.76. The van der Waals surface area contributed by atoms with Crippen LogP contribution in [0.15, 0.2) is 35.1 Å². The molecule has 1 aromatic carbocycles. The third-order valence-electron chi connectivity index (χ3n) is 2.03. The molecule has 2 aromatic heterocycles. The Morgan fingerprint density at radius 2 is 2.29 bits per heavy atom. The van der Waals surface area contributed by atoms with Crippen molar-refractivity contribution in [1.29, 1.82) is 0 Å². The lowest BCUT2D eigenvalue weighted by molar-refractivity contribution is 0.422. The zero-order chi connectivity index (χ0) is 9.38. The summed E-state index contributed by atoms with van der Waals surface area (Å²) in [5, 5.41) is 3.89. The first-order chi connectivity index (χ1) is 6.95. The molecule has 0 saturated heterocycles. The van der Waals surface area contributed by atoms with Gasteiger partial charge in [-0.15, -0.1) is 11.3 Å². The van der Waals surface area contributed by atoms with E-state index < -0.39 is 0 Å². The van der Waals surface area contributed by atoms with Crippen molar-refractivity contribution in [3.63, 3.8) is 0 Å². The highest BCUT2D eigenvalue weighted by Gasteiger charge is 2.07. The quantitative estimate of drug-likeness (QED) is 0.607. The number of hydrogen-bond acceptors (Lipinski definition) is 4. The Morgan fingerprint density at radius 1 is 1.29 bits per heavy atom. The minimum absolute atomic E-state index is 0.815. The van der Waals surface area contributed by atoms with Gasteiger partial charge < -0.3 is 4.52 Å². The topological polar surface area (TPSA) is 38.9 Å². The predicted molar refractivity (Wildman–Crippen MR) is 54.0 cm³/mol. The first kappa shape index (κ1) is 7.70. The van der Waals surface area contributed by atoms with Gasteiger partial charge in [-0.05, 0) is 6.07 Å². The summed E-state index contributed by atoms with van der Waals surface area (Å²) < 4.78 is 5.93. The lowest BCUT2D eigenvalue weighted by Gasteiger charge is -1.95. The Bertz CT molecular complexity index is 556. The second-order valence-electron chi connectivity index (χ2n) is 2.84. The predicted octanol–water partition coefficient (Wildman–Crippen LogP) is 2.75. The van der Waals surface area contributed by atoms with Crippen molar-refractivity contribution >= 4 is 21.6 Å². The summed E-state index contributed by atoms with van der Waals surface area (Å²) >= 11 is 1.50. The first-order valence-corrected chi connectivity index (χ1v) is 4.93. The van der Waals surface area contributed by atoms with Crippen LogP contribution in [0.1, 0.15) is 0 Å². The Balaban J connectivity index is 2.36. The minimum Gasteiger partial charge on any atom is -0.364 e. The maximum atomic E-state index is 4.81. The summed E-state index contributed by atoms with van der Waals surface area (Å²) in [6.07, 6.45) is 1.56. The number of aromatic nitrogens is 2. The summed E-state index contributed by atoms with van der Waals surface area (Å²) in [4.78, 5) is 4.19. The second kappa shape index (κ2) is 2.92. The van der Waals surface area contributed by atoms with Gasteiger partial charge in [0.1, 0.15) is 12.0 Å². The van der Waals surface area contributed by atoms with Crippen molar-refractivity contribution in [3.05, 3.63) is 36.0 Å². The Kier molecular flexibility index (Phi) is 1.61. The van der Waals surface area contributed by atoms with Gasteiger partial charge >= 0.3 is 0 Å². The second-order valence-corrected chi connectivity index (χ2v) is 3.67. The average Bonchev–Trinajstić information content (AvgIpc) is 2.88. The molecule has 2 heterocycles. The summed E-state index contributed by atoms with van der Waals surface area (Å²) in [5.74, 6) is 0. The van der Waals surface area contributed by atoms with Crippen LogP contribution >= 0.6 is 11.3 Å². The molecule has 3 aromatic rings. The molecule has 0 atom stereocenters. The van der Waals surface area contributed by atoms with E-state index in [-0.39, 0.29) is 0 Å². The molecule has 0 aliphatic rings. The van der Waals surface area contributed by atoms with Gasteiger partial charge in [-0.2, -0.15) is 0 Å². The van der Waals surface area contributed by atoms with Gasteiger partial charge in [0, 0.05) is 11.6 Å². The van der Waals surface area contributed by atoms with E-state index >= 15 is 0 Å². The molecule has 0 unspecified atom stereocenters. The largest absolute Gasteiger partial charge is 0.364 e. The van der Waals surface area contributed by atoms with Gasteiger partial charge in [0.2, 0.25) is 0 Å². The smallest absolute Gasteiger partial charge is 0.153 e. The van der Waals surface area contributed by atoms with E-state index in [9.17, 15) is 0 Å². The van der Waals surface area contributed by atoms with Gasteiger partial charge in [0.05, 0.1) is 10.2 Å². The molecular weight excluding hydrogens is 196 g/mol. The van der Waals surface area contributed by atoms with Crippen molar-refractivity contribution in [3.8, 4) is 11.3 Å². The molecule has 0 spiro atoms. The molecule has 0 aliphatic heterocycles. The third kappa shape index (κ3) is 1.04. The molecule has 0 amide bonds. The monoisotopic (exact) mass is 201 g/mol. The molecule has 0 bridgehead atoms. The van der Waals surface area contributed by atoms with Crippen molar-refractivity contribution in [1.82, 2.24) is 10.1 Å². The lowest BCUT2D eigenvalue weighted by Crippen LogP contribution is -1.78. The molecule has 3 nitrogen and oxygen atoms in total. The number of benzene rings is 1. The number of para-hydroxylation sites is 1. The molecule has 4 heteroatoms. The number of rotatable bonds is 1. The van der Waals surface area contributed by atoms with Crippen LogP contribution < -0.4 is 0 Å². The molecule has 3 rings (SSSR count). The van der Waals surface area contributed by atoms with Crippen molar-refractivity contribution in [2.75, 3.05) is 0 Å². The Morgan fingerprint density at radius 3 is 3.14 bits per heavy atom. The van der Waals surface area contributed by atoms with Crippen molar-refractivity contribution in [2.45, 2.75) is 0 Å². The van der Waals surface area contributed by atoms with Crippen LogP contribution in [0.25, 0.3) is 21.5 Å². The van der Waals surface area contributed by atoms with Crippen LogP contribution in [0.2, 0.25) is 0 Å². The average molecular weight is 201 g/mol. The summed E-state index contributed by atoms with van der Waals surface area (Å²) in [6, 6.07) is 7.81. The first-order valence-electron chi connectivity index (χ1n) is 4.11. The number of nitrogens with zero attached hydrogens (tertiary/aromatic N) is 2.